The second kappa shape index (κ2) is 9.00. The molecule has 10 nitrogen and oxygen atoms in total. The van der Waals surface area contributed by atoms with E-state index >= 15 is 0 Å². The van der Waals surface area contributed by atoms with Crippen LogP contribution >= 0.6 is 0 Å². The van der Waals surface area contributed by atoms with Gasteiger partial charge >= 0.3 is 0 Å². The van der Waals surface area contributed by atoms with Crippen LogP contribution in [-0.2, 0) is 32.5 Å². The van der Waals surface area contributed by atoms with Crippen molar-refractivity contribution in [1.29, 1.82) is 0 Å². The molecule has 0 spiro atoms. The van der Waals surface area contributed by atoms with E-state index in [0.29, 0.717) is 61.9 Å². The largest absolute Gasteiger partial charge is 0.379 e. The van der Waals surface area contributed by atoms with Crippen LogP contribution in [0, 0.1) is 13.8 Å². The van der Waals surface area contributed by atoms with Crippen molar-refractivity contribution in [3.63, 3.8) is 0 Å². The molecular weight excluding hydrogens is 434 g/mol. The molecule has 0 unspecified atom stereocenters. The maximum Gasteiger partial charge on any atom is 0.243 e. The number of fused-ring (bicyclic) bond motifs is 1. The molecule has 11 heteroatoms. The van der Waals surface area contributed by atoms with Crippen LogP contribution in [0.4, 0.5) is 5.69 Å². The number of hydrogen-bond acceptors (Lipinski definition) is 7. The van der Waals surface area contributed by atoms with Gasteiger partial charge in [0.1, 0.15) is 17.2 Å². The predicted octanol–water partition coefficient (Wildman–Crippen LogP) is 2.25. The van der Waals surface area contributed by atoms with Crippen LogP contribution in [0.25, 0.3) is 11.0 Å². The van der Waals surface area contributed by atoms with Crippen molar-refractivity contribution < 1.29 is 22.5 Å². The SMILES string of the molecule is CCn1c(CCC(=O)Nc2c(C)noc2C)nc2cc(S(=O)(=O)N3CCOCC3)ccc21. The number of benzene rings is 1. The summed E-state index contributed by atoms with van der Waals surface area (Å²) in [6.07, 6.45) is 0.648. The van der Waals surface area contributed by atoms with E-state index in [0.717, 1.165) is 11.3 Å². The maximum atomic E-state index is 13.0. The molecule has 0 radical (unpaired) electrons. The summed E-state index contributed by atoms with van der Waals surface area (Å²) in [5, 5.41) is 6.68. The number of aryl methyl sites for hydroxylation is 4. The van der Waals surface area contributed by atoms with Crippen molar-refractivity contribution in [2.45, 2.75) is 45.1 Å². The summed E-state index contributed by atoms with van der Waals surface area (Å²) >= 11 is 0. The lowest BCUT2D eigenvalue weighted by atomic mass is 10.2. The highest BCUT2D eigenvalue weighted by Crippen LogP contribution is 2.24. The van der Waals surface area contributed by atoms with Crippen LogP contribution in [0.5, 0.6) is 0 Å². The smallest absolute Gasteiger partial charge is 0.243 e. The van der Waals surface area contributed by atoms with Gasteiger partial charge in [-0.3, -0.25) is 4.79 Å². The molecule has 1 aromatic carbocycles. The van der Waals surface area contributed by atoms with Crippen molar-refractivity contribution in [3.8, 4) is 0 Å². The number of carbonyl (C=O) groups excluding carboxylic acids is 1. The molecule has 2 aromatic heterocycles. The summed E-state index contributed by atoms with van der Waals surface area (Å²) in [7, 11) is -3.60. The molecule has 4 rings (SSSR count). The van der Waals surface area contributed by atoms with Gasteiger partial charge in [-0.05, 0) is 39.0 Å². The molecule has 1 fully saturated rings. The Hall–Kier alpha value is -2.76. The van der Waals surface area contributed by atoms with Crippen molar-refractivity contribution in [1.82, 2.24) is 19.0 Å². The molecule has 1 saturated heterocycles. The van der Waals surface area contributed by atoms with Gasteiger partial charge in [0, 0.05) is 32.5 Å². The first kappa shape index (κ1) is 22.4. The van der Waals surface area contributed by atoms with E-state index in [2.05, 4.69) is 15.5 Å². The highest BCUT2D eigenvalue weighted by molar-refractivity contribution is 7.89. The maximum absolute atomic E-state index is 13.0. The van der Waals surface area contributed by atoms with E-state index in [1.54, 1.807) is 32.0 Å². The van der Waals surface area contributed by atoms with Gasteiger partial charge in [-0.15, -0.1) is 0 Å². The van der Waals surface area contributed by atoms with Gasteiger partial charge in [0.05, 0.1) is 29.1 Å². The third-order valence-corrected chi connectivity index (χ3v) is 7.49. The first-order valence-electron chi connectivity index (χ1n) is 10.6. The van der Waals surface area contributed by atoms with E-state index in [4.69, 9.17) is 9.26 Å². The van der Waals surface area contributed by atoms with Crippen molar-refractivity contribution in [2.75, 3.05) is 31.6 Å². The third-order valence-electron chi connectivity index (χ3n) is 5.60. The Morgan fingerprint density at radius 3 is 2.62 bits per heavy atom. The fourth-order valence-electron chi connectivity index (χ4n) is 3.89. The zero-order valence-electron chi connectivity index (χ0n) is 18.4. The normalized spacial score (nSPS) is 15.3. The number of amides is 1. The number of sulfonamides is 1. The number of rotatable bonds is 7. The highest BCUT2D eigenvalue weighted by atomic mass is 32.2. The van der Waals surface area contributed by atoms with Gasteiger partial charge in [-0.25, -0.2) is 13.4 Å². The predicted molar refractivity (Wildman–Crippen MR) is 118 cm³/mol. The molecule has 1 amide bonds. The molecule has 32 heavy (non-hydrogen) atoms. The summed E-state index contributed by atoms with van der Waals surface area (Å²) in [4.78, 5) is 17.3. The number of morpholine rings is 1. The van der Waals surface area contributed by atoms with Gasteiger partial charge in [0.15, 0.2) is 5.76 Å². The Labute approximate surface area is 186 Å². The molecule has 172 valence electrons. The number of nitrogens with one attached hydrogen (secondary N) is 1. The average Bonchev–Trinajstić information content (AvgIpc) is 3.31. The minimum atomic E-state index is -3.60. The quantitative estimate of drug-likeness (QED) is 0.573. The van der Waals surface area contributed by atoms with E-state index < -0.39 is 10.0 Å². The summed E-state index contributed by atoms with van der Waals surface area (Å²) in [5.41, 5.74) is 2.67. The number of imidazole rings is 1. The first-order chi connectivity index (χ1) is 15.3. The van der Waals surface area contributed by atoms with Gasteiger partial charge in [-0.1, -0.05) is 5.16 Å². The van der Waals surface area contributed by atoms with E-state index in [9.17, 15) is 13.2 Å². The molecule has 0 bridgehead atoms. The monoisotopic (exact) mass is 461 g/mol. The Morgan fingerprint density at radius 2 is 1.97 bits per heavy atom. The fraction of sp³-hybridized carbons (Fsp3) is 0.476. The molecule has 0 aliphatic carbocycles. The molecule has 1 N–H and O–H groups in total. The van der Waals surface area contributed by atoms with Crippen LogP contribution in [-0.4, -0.2) is 59.6 Å². The molecule has 0 atom stereocenters. The van der Waals surface area contributed by atoms with Crippen LogP contribution in [0.2, 0.25) is 0 Å². The lowest BCUT2D eigenvalue weighted by Gasteiger charge is -2.26. The van der Waals surface area contributed by atoms with Crippen LogP contribution < -0.4 is 5.32 Å². The van der Waals surface area contributed by atoms with Crippen molar-refractivity contribution in [2.24, 2.45) is 0 Å². The van der Waals surface area contributed by atoms with E-state index in [1.165, 1.54) is 4.31 Å². The summed E-state index contributed by atoms with van der Waals surface area (Å²) < 4.78 is 39.8. The Bertz CT molecular complexity index is 1220. The topological polar surface area (TPSA) is 120 Å². The lowest BCUT2D eigenvalue weighted by molar-refractivity contribution is -0.116. The molecular formula is C21H27N5O5S. The van der Waals surface area contributed by atoms with Crippen molar-refractivity contribution in [3.05, 3.63) is 35.5 Å². The number of anilines is 1. The Morgan fingerprint density at radius 1 is 1.22 bits per heavy atom. The molecule has 1 aliphatic rings. The fourth-order valence-corrected chi connectivity index (χ4v) is 5.32. The van der Waals surface area contributed by atoms with E-state index in [1.807, 2.05) is 11.5 Å². The van der Waals surface area contributed by atoms with Crippen LogP contribution in [0.1, 0.15) is 30.6 Å². The Kier molecular flexibility index (Phi) is 6.31. The molecule has 3 aromatic rings. The number of carbonyl (C=O) groups is 1. The van der Waals surface area contributed by atoms with Gasteiger partial charge in [0.25, 0.3) is 0 Å². The first-order valence-corrected chi connectivity index (χ1v) is 12.0. The standard InChI is InChI=1S/C21H27N5O5S/c1-4-26-18-6-5-16(32(28,29)25-9-11-30-12-10-25)13-17(18)22-19(26)7-8-20(27)23-21-14(2)24-31-15(21)3/h5-6,13H,4,7-12H2,1-3H3,(H,23,27). The van der Waals surface area contributed by atoms with Gasteiger partial charge in [-0.2, -0.15) is 4.31 Å². The number of aromatic nitrogens is 3. The molecule has 0 saturated carbocycles. The zero-order chi connectivity index (χ0) is 22.9. The molecule has 1 aliphatic heterocycles. The number of hydrogen-bond donors (Lipinski definition) is 1. The van der Waals surface area contributed by atoms with Crippen molar-refractivity contribution >= 4 is 32.7 Å². The minimum absolute atomic E-state index is 0.162. The Balaban J connectivity index is 1.54. The minimum Gasteiger partial charge on any atom is -0.379 e. The van der Waals surface area contributed by atoms with Gasteiger partial charge < -0.3 is 19.1 Å². The number of ether oxygens (including phenoxy) is 1. The summed E-state index contributed by atoms with van der Waals surface area (Å²) in [5.74, 6) is 1.13. The lowest BCUT2D eigenvalue weighted by Crippen LogP contribution is -2.40. The zero-order valence-corrected chi connectivity index (χ0v) is 19.2. The van der Waals surface area contributed by atoms with E-state index in [-0.39, 0.29) is 17.2 Å². The second-order valence-corrected chi connectivity index (χ2v) is 9.62. The van der Waals surface area contributed by atoms with Crippen LogP contribution in [0.15, 0.2) is 27.6 Å². The molecule has 3 heterocycles. The van der Waals surface area contributed by atoms with Gasteiger partial charge in [0.2, 0.25) is 15.9 Å². The second-order valence-electron chi connectivity index (χ2n) is 7.69. The highest BCUT2D eigenvalue weighted by Gasteiger charge is 2.27. The summed E-state index contributed by atoms with van der Waals surface area (Å²) in [6, 6.07) is 5.02. The average molecular weight is 462 g/mol. The number of nitrogens with zero attached hydrogens (tertiary/aromatic N) is 4. The summed E-state index contributed by atoms with van der Waals surface area (Å²) in [6.45, 7) is 7.64. The third kappa shape index (κ3) is 4.27. The van der Waals surface area contributed by atoms with Crippen LogP contribution in [0.3, 0.4) is 0 Å².